The summed E-state index contributed by atoms with van der Waals surface area (Å²) in [5.41, 5.74) is 0. The molecule has 0 saturated heterocycles. The molecule has 0 aromatic rings. The summed E-state index contributed by atoms with van der Waals surface area (Å²) in [5, 5.41) is 0. The normalized spacial score (nSPS) is 8.82. The summed E-state index contributed by atoms with van der Waals surface area (Å²) >= 11 is 0. The number of esters is 2. The molecule has 0 aliphatic heterocycles. The van der Waals surface area contributed by atoms with E-state index in [-0.39, 0.29) is 66.1 Å². The van der Waals surface area contributed by atoms with Gasteiger partial charge in [0.1, 0.15) is 11.6 Å². The van der Waals surface area contributed by atoms with Crippen LogP contribution in [0.3, 0.4) is 0 Å². The minimum Gasteiger partial charge on any atom is -0.466 e. The average Bonchev–Trinajstić information content (AvgIpc) is 2.69. The molecule has 0 bridgehead atoms. The number of ether oxygens (including phenoxy) is 4. The van der Waals surface area contributed by atoms with E-state index >= 15 is 0 Å². The molecular weight excluding hydrogens is 440 g/mol. The number of ketones is 2. The van der Waals surface area contributed by atoms with Crippen LogP contribution in [0.2, 0.25) is 0 Å². The number of carbonyl (C=O) groups excluding carboxylic acids is 4. The van der Waals surface area contributed by atoms with E-state index in [9.17, 15) is 19.2 Å². The molecule has 0 unspecified atom stereocenters. The third-order valence-electron chi connectivity index (χ3n) is 3.85. The first kappa shape index (κ1) is 45.7. The van der Waals surface area contributed by atoms with Gasteiger partial charge in [-0.05, 0) is 52.4 Å². The first-order valence-corrected chi connectivity index (χ1v) is 10.6. The van der Waals surface area contributed by atoms with Crippen molar-refractivity contribution in [2.24, 2.45) is 0 Å². The fraction of sp³-hybridized carbons (Fsp3) is 0.846. The van der Waals surface area contributed by atoms with Gasteiger partial charge in [0.2, 0.25) is 0 Å². The van der Waals surface area contributed by atoms with Crippen LogP contribution in [0.4, 0.5) is 0 Å². The monoisotopic (exact) mass is 496 g/mol. The molecule has 0 aromatic heterocycles. The molecule has 8 nitrogen and oxygen atoms in total. The molecular formula is C26H56O8. The lowest BCUT2D eigenvalue weighted by Gasteiger charge is -2.04. The number of carbonyl (C=O) groups is 4. The van der Waals surface area contributed by atoms with Gasteiger partial charge in [-0.15, -0.1) is 0 Å². The van der Waals surface area contributed by atoms with Gasteiger partial charge in [-0.2, -0.15) is 0 Å². The van der Waals surface area contributed by atoms with E-state index < -0.39 is 0 Å². The number of Topliss-reactive ketones (excluding diaryl/α,β-unsaturated/α-hetero) is 2. The Kier molecular flexibility index (Phi) is 48.1. The van der Waals surface area contributed by atoms with Gasteiger partial charge >= 0.3 is 11.9 Å². The highest BCUT2D eigenvalue weighted by Crippen LogP contribution is 2.02. The van der Waals surface area contributed by atoms with Crippen molar-refractivity contribution in [2.75, 3.05) is 40.6 Å². The molecule has 208 valence electrons. The summed E-state index contributed by atoms with van der Waals surface area (Å²) in [6.45, 7) is 5.30. The Balaban J connectivity index is -0.000000104. The van der Waals surface area contributed by atoms with E-state index in [0.717, 1.165) is 38.5 Å². The Bertz CT molecular complexity index is 464. The summed E-state index contributed by atoms with van der Waals surface area (Å²) in [4.78, 5) is 43.3. The molecule has 34 heavy (non-hydrogen) atoms. The van der Waals surface area contributed by atoms with Crippen molar-refractivity contribution in [3.63, 3.8) is 0 Å². The first-order valence-electron chi connectivity index (χ1n) is 10.6. The fourth-order valence-corrected chi connectivity index (χ4v) is 2.13. The van der Waals surface area contributed by atoms with Crippen LogP contribution in [0.15, 0.2) is 0 Å². The van der Waals surface area contributed by atoms with Gasteiger partial charge in [-0.1, -0.05) is 29.7 Å². The largest absolute Gasteiger partial charge is 0.466 e. The predicted molar refractivity (Wildman–Crippen MR) is 140 cm³/mol. The Hall–Kier alpha value is -1.80. The first-order chi connectivity index (χ1) is 14.3. The Morgan fingerprint density at radius 2 is 0.824 bits per heavy atom. The quantitative estimate of drug-likeness (QED) is 0.169. The summed E-state index contributed by atoms with van der Waals surface area (Å²) in [6, 6.07) is 0. The second-order valence-electron chi connectivity index (χ2n) is 6.95. The third-order valence-corrected chi connectivity index (χ3v) is 3.85. The van der Waals surface area contributed by atoms with Crippen molar-refractivity contribution in [3.05, 3.63) is 0 Å². The molecule has 0 rings (SSSR count). The zero-order chi connectivity index (χ0) is 23.0. The summed E-state index contributed by atoms with van der Waals surface area (Å²) in [7, 11) is 3.29. The average molecular weight is 497 g/mol. The van der Waals surface area contributed by atoms with E-state index in [4.69, 9.17) is 18.9 Å². The van der Waals surface area contributed by atoms with Crippen LogP contribution in [0, 0.1) is 0 Å². The second kappa shape index (κ2) is 35.8. The Morgan fingerprint density at radius 3 is 1.21 bits per heavy atom. The van der Waals surface area contributed by atoms with E-state index in [1.54, 1.807) is 21.1 Å². The Labute approximate surface area is 210 Å². The van der Waals surface area contributed by atoms with Crippen LogP contribution in [0.1, 0.15) is 108 Å². The van der Waals surface area contributed by atoms with Gasteiger partial charge in [0, 0.05) is 46.7 Å². The molecule has 0 aromatic carbocycles. The van der Waals surface area contributed by atoms with Crippen LogP contribution in [-0.4, -0.2) is 64.2 Å². The van der Waals surface area contributed by atoms with Gasteiger partial charge in [0.05, 0.1) is 19.6 Å². The lowest BCUT2D eigenvalue weighted by Crippen LogP contribution is -2.08. The number of unbranched alkanes of at least 4 members (excludes halogenated alkanes) is 3. The minimum absolute atomic E-state index is 0. The maximum atomic E-state index is 11.2. The SMILES string of the molecule is C.C.C.C.COCCCCOC(=O)CCC(C)=O.COCCCCOC(=O)CCCCC(C)=O. The molecule has 0 heterocycles. The van der Waals surface area contributed by atoms with Crippen molar-refractivity contribution < 1.29 is 38.1 Å². The van der Waals surface area contributed by atoms with Crippen molar-refractivity contribution in [3.8, 4) is 0 Å². The van der Waals surface area contributed by atoms with Gasteiger partial charge in [0.15, 0.2) is 0 Å². The summed E-state index contributed by atoms with van der Waals surface area (Å²) < 4.78 is 19.6. The fourth-order valence-electron chi connectivity index (χ4n) is 2.13. The molecule has 0 aliphatic rings. The van der Waals surface area contributed by atoms with Crippen LogP contribution in [-0.2, 0) is 38.1 Å². The molecule has 0 spiro atoms. The maximum Gasteiger partial charge on any atom is 0.306 e. The summed E-state index contributed by atoms with van der Waals surface area (Å²) in [5.74, 6) is -0.271. The van der Waals surface area contributed by atoms with Crippen LogP contribution >= 0.6 is 0 Å². The highest BCUT2D eigenvalue weighted by atomic mass is 16.5. The molecule has 8 heteroatoms. The molecule has 0 saturated carbocycles. The van der Waals surface area contributed by atoms with E-state index in [0.29, 0.717) is 39.3 Å². The van der Waals surface area contributed by atoms with Gasteiger partial charge in [0.25, 0.3) is 0 Å². The zero-order valence-electron chi connectivity index (χ0n) is 19.2. The molecule has 0 fully saturated rings. The zero-order valence-corrected chi connectivity index (χ0v) is 19.2. The summed E-state index contributed by atoms with van der Waals surface area (Å²) in [6.07, 6.45) is 6.39. The topological polar surface area (TPSA) is 105 Å². The van der Waals surface area contributed by atoms with Gasteiger partial charge in [-0.3, -0.25) is 9.59 Å². The Morgan fingerprint density at radius 1 is 0.471 bits per heavy atom. The highest BCUT2D eigenvalue weighted by molar-refractivity contribution is 5.80. The lowest BCUT2D eigenvalue weighted by molar-refractivity contribution is -0.145. The number of rotatable bonds is 18. The third kappa shape index (κ3) is 44.0. The van der Waals surface area contributed by atoms with Crippen molar-refractivity contribution in [2.45, 2.75) is 108 Å². The molecule has 0 radical (unpaired) electrons. The van der Waals surface area contributed by atoms with Gasteiger partial charge < -0.3 is 28.5 Å². The lowest BCUT2D eigenvalue weighted by atomic mass is 10.1. The smallest absolute Gasteiger partial charge is 0.306 e. The predicted octanol–water partition coefficient (Wildman–Crippen LogP) is 5.98. The maximum absolute atomic E-state index is 11.2. The number of hydrogen-bond donors (Lipinski definition) is 0. The van der Waals surface area contributed by atoms with E-state index in [1.807, 2.05) is 0 Å². The molecule has 0 N–H and O–H groups in total. The van der Waals surface area contributed by atoms with Gasteiger partial charge in [-0.25, -0.2) is 0 Å². The van der Waals surface area contributed by atoms with Crippen molar-refractivity contribution in [1.82, 2.24) is 0 Å². The van der Waals surface area contributed by atoms with Crippen LogP contribution in [0.5, 0.6) is 0 Å². The molecule has 0 aliphatic carbocycles. The number of methoxy groups -OCH3 is 2. The minimum atomic E-state index is -0.294. The van der Waals surface area contributed by atoms with E-state index in [2.05, 4.69) is 0 Å². The number of hydrogen-bond acceptors (Lipinski definition) is 8. The van der Waals surface area contributed by atoms with Crippen molar-refractivity contribution >= 4 is 23.5 Å². The van der Waals surface area contributed by atoms with Crippen LogP contribution < -0.4 is 0 Å². The standard InChI is InChI=1S/C12H22O4.C10H18O4.4CH4/c1-11(13)7-3-4-8-12(14)16-10-6-5-9-15-2;1-9(11)5-6-10(12)14-8-4-3-7-13-2;;;;/h3-10H2,1-2H3;3-8H2,1-2H3;4*1H4. The molecule has 0 amide bonds. The highest BCUT2D eigenvalue weighted by Gasteiger charge is 2.04. The van der Waals surface area contributed by atoms with Crippen molar-refractivity contribution in [1.29, 1.82) is 0 Å². The van der Waals surface area contributed by atoms with E-state index in [1.165, 1.54) is 6.92 Å². The van der Waals surface area contributed by atoms with Crippen LogP contribution in [0.25, 0.3) is 0 Å². The molecule has 0 atom stereocenters. The second-order valence-corrected chi connectivity index (χ2v) is 6.95.